The summed E-state index contributed by atoms with van der Waals surface area (Å²) in [6.07, 6.45) is 5.29. The van der Waals surface area contributed by atoms with Crippen LogP contribution in [-0.2, 0) is 9.53 Å². The monoisotopic (exact) mass is 558 g/mol. The molecule has 0 fully saturated rings. The number of benzene rings is 3. The Morgan fingerprint density at radius 3 is 2.56 bits per heavy atom. The average Bonchev–Trinajstić information content (AvgIpc) is 3.26. The van der Waals surface area contributed by atoms with Crippen LogP contribution >= 0.6 is 23.1 Å². The minimum Gasteiger partial charge on any atom is -0.496 e. The third kappa shape index (κ3) is 5.06. The molecule has 200 valence electrons. The van der Waals surface area contributed by atoms with Gasteiger partial charge in [0.15, 0.2) is 4.80 Å². The molecule has 2 heterocycles. The number of fused-ring (bicyclic) bond motifs is 2. The van der Waals surface area contributed by atoms with Gasteiger partial charge in [-0.2, -0.15) is 0 Å². The molecule has 4 aromatic rings. The van der Waals surface area contributed by atoms with Crippen molar-refractivity contribution >= 4 is 45.9 Å². The van der Waals surface area contributed by atoms with E-state index in [0.717, 1.165) is 33.2 Å². The quantitative estimate of drug-likeness (QED) is 0.212. The number of carbonyl (C=O) groups excluding carboxylic acids is 1. The van der Waals surface area contributed by atoms with Gasteiger partial charge in [0.25, 0.3) is 5.56 Å². The van der Waals surface area contributed by atoms with Crippen molar-refractivity contribution in [3.8, 4) is 5.75 Å². The zero-order valence-corrected chi connectivity index (χ0v) is 24.0. The Morgan fingerprint density at radius 2 is 1.87 bits per heavy atom. The van der Waals surface area contributed by atoms with Crippen LogP contribution in [0, 0.1) is 0 Å². The molecule has 0 bridgehead atoms. The standard InChI is InChI=1S/C31H30N2O4S2/c1-5-9-23-27(30(35)37-6-2)28(26-22-11-8-7-10-20(22)14-17-24(26)36-3)33-29(34)25(39-31(33)32-23)18-19-12-15-21(38-4)16-13-19/h7-8,10-18,28H,5-6,9H2,1-4H3/b25-18-/t28-/m0/s1. The number of hydrogen-bond donors (Lipinski definition) is 0. The van der Waals surface area contributed by atoms with Gasteiger partial charge >= 0.3 is 5.97 Å². The van der Waals surface area contributed by atoms with E-state index in [4.69, 9.17) is 14.5 Å². The van der Waals surface area contributed by atoms with Crippen LogP contribution in [0.3, 0.4) is 0 Å². The van der Waals surface area contributed by atoms with Gasteiger partial charge in [-0.1, -0.05) is 67.1 Å². The normalized spacial score (nSPS) is 15.3. The lowest BCUT2D eigenvalue weighted by Gasteiger charge is -2.28. The van der Waals surface area contributed by atoms with Crippen molar-refractivity contribution in [3.63, 3.8) is 0 Å². The van der Waals surface area contributed by atoms with Crippen LogP contribution in [0.25, 0.3) is 16.8 Å². The average molecular weight is 559 g/mol. The molecular weight excluding hydrogens is 528 g/mol. The number of thioether (sulfide) groups is 1. The summed E-state index contributed by atoms with van der Waals surface area (Å²) in [4.78, 5) is 34.3. The summed E-state index contributed by atoms with van der Waals surface area (Å²) < 4.78 is 13.6. The highest BCUT2D eigenvalue weighted by molar-refractivity contribution is 7.98. The topological polar surface area (TPSA) is 69.9 Å². The number of esters is 1. The third-order valence-electron chi connectivity index (χ3n) is 6.73. The first-order chi connectivity index (χ1) is 19.0. The molecule has 0 spiro atoms. The van der Waals surface area contributed by atoms with Crippen LogP contribution < -0.4 is 19.6 Å². The van der Waals surface area contributed by atoms with E-state index in [1.807, 2.05) is 79.9 Å². The predicted octanol–water partition coefficient (Wildman–Crippen LogP) is 5.46. The highest BCUT2D eigenvalue weighted by Crippen LogP contribution is 2.41. The number of ether oxygens (including phenoxy) is 2. The number of hydrogen-bond acceptors (Lipinski definition) is 7. The lowest BCUT2D eigenvalue weighted by Crippen LogP contribution is -2.40. The van der Waals surface area contributed by atoms with Crippen molar-refractivity contribution in [1.82, 2.24) is 4.57 Å². The summed E-state index contributed by atoms with van der Waals surface area (Å²) in [5.41, 5.74) is 2.50. The van der Waals surface area contributed by atoms with Crippen molar-refractivity contribution in [2.75, 3.05) is 20.0 Å². The molecule has 39 heavy (non-hydrogen) atoms. The van der Waals surface area contributed by atoms with Gasteiger partial charge < -0.3 is 9.47 Å². The number of allylic oxidation sites excluding steroid dienone is 1. The third-order valence-corrected chi connectivity index (χ3v) is 8.46. The van der Waals surface area contributed by atoms with Gasteiger partial charge in [0.1, 0.15) is 11.8 Å². The lowest BCUT2D eigenvalue weighted by atomic mass is 9.90. The van der Waals surface area contributed by atoms with Crippen molar-refractivity contribution in [3.05, 3.63) is 103 Å². The van der Waals surface area contributed by atoms with E-state index in [0.29, 0.717) is 32.8 Å². The fourth-order valence-corrected chi connectivity index (χ4v) is 6.41. The second kappa shape index (κ2) is 11.6. The summed E-state index contributed by atoms with van der Waals surface area (Å²) in [7, 11) is 1.61. The van der Waals surface area contributed by atoms with E-state index < -0.39 is 12.0 Å². The van der Waals surface area contributed by atoms with E-state index in [9.17, 15) is 9.59 Å². The highest BCUT2D eigenvalue weighted by Gasteiger charge is 2.37. The molecule has 1 aliphatic rings. The fraction of sp³-hybridized carbons (Fsp3) is 0.258. The van der Waals surface area contributed by atoms with Crippen molar-refractivity contribution in [2.45, 2.75) is 37.6 Å². The van der Waals surface area contributed by atoms with Gasteiger partial charge in [-0.05, 0) is 60.2 Å². The van der Waals surface area contributed by atoms with Gasteiger partial charge in [0.2, 0.25) is 0 Å². The Balaban J connectivity index is 1.85. The molecule has 3 aromatic carbocycles. The zero-order chi connectivity index (χ0) is 27.5. The molecule has 8 heteroatoms. The highest BCUT2D eigenvalue weighted by atomic mass is 32.2. The van der Waals surface area contributed by atoms with E-state index in [1.165, 1.54) is 11.3 Å². The molecule has 0 unspecified atom stereocenters. The summed E-state index contributed by atoms with van der Waals surface area (Å²) in [5.74, 6) is 0.132. The SMILES string of the molecule is CCCC1=C(C(=O)OCC)[C@H](c2c(OC)ccc3ccccc23)n2c(s/c(=C\c3ccc(SC)cc3)c2=O)=N1. The second-order valence-electron chi connectivity index (χ2n) is 9.09. The van der Waals surface area contributed by atoms with Gasteiger partial charge in [0.05, 0.1) is 29.5 Å². The number of nitrogens with zero attached hydrogens (tertiary/aromatic N) is 2. The van der Waals surface area contributed by atoms with Crippen LogP contribution in [0.15, 0.2) is 86.6 Å². The van der Waals surface area contributed by atoms with Crippen molar-refractivity contribution < 1.29 is 14.3 Å². The summed E-state index contributed by atoms with van der Waals surface area (Å²) in [6, 6.07) is 19.1. The van der Waals surface area contributed by atoms with Gasteiger partial charge in [0, 0.05) is 10.5 Å². The number of carbonyl (C=O) groups is 1. The zero-order valence-electron chi connectivity index (χ0n) is 22.4. The maximum absolute atomic E-state index is 14.1. The van der Waals surface area contributed by atoms with Gasteiger partial charge in [-0.25, -0.2) is 9.79 Å². The predicted molar refractivity (Wildman–Crippen MR) is 158 cm³/mol. The molecule has 1 aliphatic heterocycles. The maximum atomic E-state index is 14.1. The molecule has 0 saturated heterocycles. The number of methoxy groups -OCH3 is 1. The van der Waals surface area contributed by atoms with Crippen LogP contribution in [0.5, 0.6) is 5.75 Å². The van der Waals surface area contributed by atoms with Crippen LogP contribution in [0.4, 0.5) is 0 Å². The summed E-state index contributed by atoms with van der Waals surface area (Å²) in [6.45, 7) is 4.05. The number of thiazole rings is 1. The Bertz CT molecular complexity index is 1750. The first-order valence-corrected chi connectivity index (χ1v) is 15.0. The first kappa shape index (κ1) is 27.0. The molecular formula is C31H30N2O4S2. The number of rotatable bonds is 8. The minimum atomic E-state index is -0.746. The van der Waals surface area contributed by atoms with Crippen molar-refractivity contribution in [1.29, 1.82) is 0 Å². The molecule has 6 nitrogen and oxygen atoms in total. The Hall–Kier alpha value is -3.62. The summed E-state index contributed by atoms with van der Waals surface area (Å²) in [5, 5.41) is 1.89. The lowest BCUT2D eigenvalue weighted by molar-refractivity contribution is -0.139. The smallest absolute Gasteiger partial charge is 0.338 e. The largest absolute Gasteiger partial charge is 0.496 e. The van der Waals surface area contributed by atoms with Crippen LogP contribution in [0.2, 0.25) is 0 Å². The van der Waals surface area contributed by atoms with E-state index in [1.54, 1.807) is 30.4 Å². The van der Waals surface area contributed by atoms with E-state index in [-0.39, 0.29) is 12.2 Å². The molecule has 0 saturated carbocycles. The Morgan fingerprint density at radius 1 is 1.10 bits per heavy atom. The summed E-state index contributed by atoms with van der Waals surface area (Å²) >= 11 is 3.01. The van der Waals surface area contributed by atoms with Crippen LogP contribution in [0.1, 0.15) is 43.9 Å². The molecule has 0 radical (unpaired) electrons. The van der Waals surface area contributed by atoms with Gasteiger partial charge in [-0.3, -0.25) is 9.36 Å². The minimum absolute atomic E-state index is 0.204. The molecule has 1 aromatic heterocycles. The maximum Gasteiger partial charge on any atom is 0.338 e. The molecule has 0 amide bonds. The van der Waals surface area contributed by atoms with Crippen molar-refractivity contribution in [2.24, 2.45) is 4.99 Å². The molecule has 0 aliphatic carbocycles. The van der Waals surface area contributed by atoms with Crippen LogP contribution in [-0.4, -0.2) is 30.5 Å². The Kier molecular flexibility index (Phi) is 8.04. The molecule has 1 atom stereocenters. The second-order valence-corrected chi connectivity index (χ2v) is 11.0. The van der Waals surface area contributed by atoms with E-state index >= 15 is 0 Å². The van der Waals surface area contributed by atoms with Gasteiger partial charge in [-0.15, -0.1) is 11.8 Å². The number of aromatic nitrogens is 1. The van der Waals surface area contributed by atoms with E-state index in [2.05, 4.69) is 0 Å². The molecule has 0 N–H and O–H groups in total. The Labute approximate surface area is 235 Å². The fourth-order valence-electron chi connectivity index (χ4n) is 4.98. The first-order valence-electron chi connectivity index (χ1n) is 12.9. The molecule has 5 rings (SSSR count).